The van der Waals surface area contributed by atoms with Gasteiger partial charge < -0.3 is 23.8 Å². The zero-order valence-corrected chi connectivity index (χ0v) is 20.7. The lowest BCUT2D eigenvalue weighted by atomic mass is 9.94. The molecule has 0 N–H and O–H groups in total. The molecule has 1 aromatic rings. The molecule has 1 aliphatic rings. The first kappa shape index (κ1) is 26.4. The predicted octanol–water partition coefficient (Wildman–Crippen LogP) is 3.60. The lowest BCUT2D eigenvalue weighted by molar-refractivity contribution is -0.165. The summed E-state index contributed by atoms with van der Waals surface area (Å²) >= 11 is 0. The third-order valence-electron chi connectivity index (χ3n) is 4.85. The van der Waals surface area contributed by atoms with Crippen molar-refractivity contribution in [3.05, 3.63) is 35.9 Å². The minimum absolute atomic E-state index is 0.0535. The second kappa shape index (κ2) is 10.4. The van der Waals surface area contributed by atoms with Crippen LogP contribution in [0.3, 0.4) is 0 Å². The average molecular weight is 465 g/mol. The molecule has 1 saturated heterocycles. The SMILES string of the molecule is COC(=O)C1(COCc2ccccc2)CN(C(=O)OC(C)(C)C)CCN1C(=O)OC(C)(C)C. The summed E-state index contributed by atoms with van der Waals surface area (Å²) in [5.41, 5.74) is -2.18. The second-order valence-electron chi connectivity index (χ2n) is 10.0. The van der Waals surface area contributed by atoms with Crippen molar-refractivity contribution >= 4 is 18.2 Å². The molecule has 184 valence electrons. The van der Waals surface area contributed by atoms with Crippen molar-refractivity contribution in [2.45, 2.75) is 64.9 Å². The van der Waals surface area contributed by atoms with Crippen LogP contribution >= 0.6 is 0 Å². The molecule has 33 heavy (non-hydrogen) atoms. The Labute approximate surface area is 195 Å². The van der Waals surface area contributed by atoms with E-state index in [1.165, 1.54) is 16.9 Å². The van der Waals surface area contributed by atoms with Crippen LogP contribution in [0, 0.1) is 0 Å². The molecule has 2 amide bonds. The highest BCUT2D eigenvalue weighted by atomic mass is 16.6. The summed E-state index contributed by atoms with van der Waals surface area (Å²) in [5, 5.41) is 0. The largest absolute Gasteiger partial charge is 0.467 e. The molecule has 0 bridgehead atoms. The van der Waals surface area contributed by atoms with Crippen LogP contribution < -0.4 is 0 Å². The number of benzene rings is 1. The second-order valence-corrected chi connectivity index (χ2v) is 10.0. The first-order valence-corrected chi connectivity index (χ1v) is 11.0. The van der Waals surface area contributed by atoms with E-state index in [-0.39, 0.29) is 32.8 Å². The number of ether oxygens (including phenoxy) is 4. The Balaban J connectivity index is 2.35. The first-order chi connectivity index (χ1) is 15.3. The van der Waals surface area contributed by atoms with E-state index in [0.717, 1.165) is 5.56 Å². The Hall–Kier alpha value is -2.81. The summed E-state index contributed by atoms with van der Waals surface area (Å²) in [6.07, 6.45) is -1.26. The summed E-state index contributed by atoms with van der Waals surface area (Å²) in [6.45, 7) is 10.6. The van der Waals surface area contributed by atoms with Crippen molar-refractivity contribution in [3.8, 4) is 0 Å². The van der Waals surface area contributed by atoms with Gasteiger partial charge in [0.2, 0.25) is 0 Å². The lowest BCUT2D eigenvalue weighted by Crippen LogP contribution is -2.71. The summed E-state index contributed by atoms with van der Waals surface area (Å²) in [7, 11) is 1.24. The van der Waals surface area contributed by atoms with E-state index in [2.05, 4.69) is 0 Å². The number of nitrogens with zero attached hydrogens (tertiary/aromatic N) is 2. The Bertz CT molecular complexity index is 829. The molecule has 9 heteroatoms. The summed E-state index contributed by atoms with van der Waals surface area (Å²) in [4.78, 5) is 41.7. The maximum absolute atomic E-state index is 13.1. The molecule has 1 atom stereocenters. The van der Waals surface area contributed by atoms with Gasteiger partial charge in [-0.15, -0.1) is 0 Å². The van der Waals surface area contributed by atoms with Crippen molar-refractivity contribution in [1.29, 1.82) is 0 Å². The number of carbonyl (C=O) groups is 3. The van der Waals surface area contributed by atoms with Crippen LogP contribution in [0.1, 0.15) is 47.1 Å². The minimum atomic E-state index is -1.60. The van der Waals surface area contributed by atoms with Crippen molar-refractivity contribution in [3.63, 3.8) is 0 Å². The van der Waals surface area contributed by atoms with Gasteiger partial charge in [0.05, 0.1) is 26.9 Å². The molecule has 0 spiro atoms. The first-order valence-electron chi connectivity index (χ1n) is 11.0. The van der Waals surface area contributed by atoms with Gasteiger partial charge in [0.25, 0.3) is 0 Å². The number of esters is 1. The van der Waals surface area contributed by atoms with E-state index in [0.29, 0.717) is 0 Å². The van der Waals surface area contributed by atoms with Crippen molar-refractivity contribution in [1.82, 2.24) is 9.80 Å². The van der Waals surface area contributed by atoms with Crippen LogP contribution in [0.25, 0.3) is 0 Å². The highest BCUT2D eigenvalue weighted by Crippen LogP contribution is 2.28. The molecule has 0 aliphatic carbocycles. The molecule has 0 saturated carbocycles. The maximum atomic E-state index is 13.1. The Morgan fingerprint density at radius 1 is 0.909 bits per heavy atom. The van der Waals surface area contributed by atoms with E-state index in [1.807, 2.05) is 30.3 Å². The standard InChI is InChI=1S/C24H36N2O7/c1-22(2,3)32-20(28)25-13-14-26(21(29)33-23(4,5)6)24(16-25,19(27)30-7)17-31-15-18-11-9-8-10-12-18/h8-12H,13-17H2,1-7H3. The average Bonchev–Trinajstić information content (AvgIpc) is 2.71. The number of hydrogen-bond donors (Lipinski definition) is 0. The number of amides is 2. The zero-order valence-electron chi connectivity index (χ0n) is 20.7. The van der Waals surface area contributed by atoms with Gasteiger partial charge in [-0.3, -0.25) is 4.90 Å². The van der Waals surface area contributed by atoms with E-state index >= 15 is 0 Å². The topological polar surface area (TPSA) is 94.6 Å². The fourth-order valence-electron chi connectivity index (χ4n) is 3.44. The monoisotopic (exact) mass is 464 g/mol. The molecule has 1 fully saturated rings. The highest BCUT2D eigenvalue weighted by molar-refractivity contribution is 5.87. The molecule has 9 nitrogen and oxygen atoms in total. The van der Waals surface area contributed by atoms with Crippen molar-refractivity contribution < 1.29 is 33.3 Å². The van der Waals surface area contributed by atoms with Gasteiger partial charge in [0.15, 0.2) is 5.54 Å². The molecule has 2 rings (SSSR count). The van der Waals surface area contributed by atoms with Gasteiger partial charge in [-0.1, -0.05) is 30.3 Å². The Kier molecular flexibility index (Phi) is 8.35. The number of hydrogen-bond acceptors (Lipinski definition) is 7. The van der Waals surface area contributed by atoms with E-state index in [4.69, 9.17) is 18.9 Å². The van der Waals surface area contributed by atoms with E-state index < -0.39 is 34.9 Å². The summed E-state index contributed by atoms with van der Waals surface area (Å²) in [5.74, 6) is -0.699. The van der Waals surface area contributed by atoms with Gasteiger partial charge >= 0.3 is 18.2 Å². The Morgan fingerprint density at radius 2 is 1.48 bits per heavy atom. The van der Waals surface area contributed by atoms with Crippen LogP contribution in [0.15, 0.2) is 30.3 Å². The lowest BCUT2D eigenvalue weighted by Gasteiger charge is -2.48. The smallest absolute Gasteiger partial charge is 0.411 e. The maximum Gasteiger partial charge on any atom is 0.411 e. The molecular weight excluding hydrogens is 428 g/mol. The molecule has 1 heterocycles. The number of rotatable bonds is 5. The third-order valence-corrected chi connectivity index (χ3v) is 4.85. The van der Waals surface area contributed by atoms with E-state index in [9.17, 15) is 14.4 Å². The highest BCUT2D eigenvalue weighted by Gasteiger charge is 2.54. The van der Waals surface area contributed by atoms with Crippen LogP contribution in [0.2, 0.25) is 0 Å². The molecule has 1 aliphatic heterocycles. The fraction of sp³-hybridized carbons (Fsp3) is 0.625. The molecule has 1 aromatic carbocycles. The van der Waals surface area contributed by atoms with Gasteiger partial charge in [-0.2, -0.15) is 0 Å². The predicted molar refractivity (Wildman–Crippen MR) is 122 cm³/mol. The Morgan fingerprint density at radius 3 is 2.03 bits per heavy atom. The molecule has 0 aromatic heterocycles. The zero-order chi connectivity index (χ0) is 24.9. The number of carbonyl (C=O) groups excluding carboxylic acids is 3. The normalized spacial score (nSPS) is 19.1. The van der Waals surface area contributed by atoms with Gasteiger partial charge in [0.1, 0.15) is 11.2 Å². The van der Waals surface area contributed by atoms with Crippen LogP contribution in [-0.2, 0) is 30.3 Å². The van der Waals surface area contributed by atoms with Crippen LogP contribution in [0.5, 0.6) is 0 Å². The number of methoxy groups -OCH3 is 1. The van der Waals surface area contributed by atoms with Crippen LogP contribution in [0.4, 0.5) is 9.59 Å². The van der Waals surface area contributed by atoms with Crippen molar-refractivity contribution in [2.24, 2.45) is 0 Å². The fourth-order valence-corrected chi connectivity index (χ4v) is 3.44. The van der Waals surface area contributed by atoms with Crippen LogP contribution in [-0.4, -0.2) is 78.0 Å². The summed E-state index contributed by atoms with van der Waals surface area (Å²) < 4.78 is 22.0. The summed E-state index contributed by atoms with van der Waals surface area (Å²) in [6, 6.07) is 9.44. The molecule has 1 unspecified atom stereocenters. The van der Waals surface area contributed by atoms with Gasteiger partial charge in [0, 0.05) is 13.1 Å². The third kappa shape index (κ3) is 7.35. The van der Waals surface area contributed by atoms with Gasteiger partial charge in [-0.25, -0.2) is 14.4 Å². The van der Waals surface area contributed by atoms with Gasteiger partial charge in [-0.05, 0) is 47.1 Å². The minimum Gasteiger partial charge on any atom is -0.467 e. The van der Waals surface area contributed by atoms with Crippen molar-refractivity contribution in [2.75, 3.05) is 33.4 Å². The molecular formula is C24H36N2O7. The van der Waals surface area contributed by atoms with E-state index in [1.54, 1.807) is 41.5 Å². The number of piperazine rings is 1. The quantitative estimate of drug-likeness (QED) is 0.485. The molecule has 0 radical (unpaired) electrons.